The summed E-state index contributed by atoms with van der Waals surface area (Å²) in [5.41, 5.74) is 0.679. The van der Waals surface area contributed by atoms with Crippen LogP contribution in [0, 0.1) is 0 Å². The second-order valence-corrected chi connectivity index (χ2v) is 9.30. The van der Waals surface area contributed by atoms with Crippen LogP contribution < -0.4 is 10.6 Å². The van der Waals surface area contributed by atoms with Gasteiger partial charge in [0, 0.05) is 32.4 Å². The standard InChI is InChI=1S/C25H37N5O3/c1-19(31)28-25(15-9-4-5-10-16-25)24-27-23(33-29-24)14-13-22(32)26-18-21(30(2)3)17-20-11-7-6-8-12-20/h6-8,11-12,21H,4-5,9-10,13-18H2,1-3H3,(H,26,32)(H,28,31). The SMILES string of the molecule is CC(=O)NC1(c2noc(CCC(=O)NCC(Cc3ccccc3)N(C)C)n2)CCCCCC1. The first-order chi connectivity index (χ1) is 15.9. The molecule has 1 saturated carbocycles. The second kappa shape index (κ2) is 11.9. The Balaban J connectivity index is 1.53. The van der Waals surface area contributed by atoms with Crippen molar-refractivity contribution in [2.45, 2.75) is 76.3 Å². The first kappa shape index (κ1) is 24.9. The van der Waals surface area contributed by atoms with Gasteiger partial charge in [-0.1, -0.05) is 61.2 Å². The molecule has 8 heteroatoms. The van der Waals surface area contributed by atoms with Gasteiger partial charge in [-0.2, -0.15) is 4.98 Å². The van der Waals surface area contributed by atoms with Crippen LogP contribution in [0.3, 0.4) is 0 Å². The molecule has 0 spiro atoms. The van der Waals surface area contributed by atoms with Gasteiger partial charge in [0.15, 0.2) is 5.82 Å². The molecule has 0 radical (unpaired) electrons. The van der Waals surface area contributed by atoms with Gasteiger partial charge in [-0.05, 0) is 38.9 Å². The van der Waals surface area contributed by atoms with Crippen LogP contribution in [0.2, 0.25) is 0 Å². The summed E-state index contributed by atoms with van der Waals surface area (Å²) in [6.07, 6.45) is 7.45. The van der Waals surface area contributed by atoms with Crippen molar-refractivity contribution < 1.29 is 14.1 Å². The highest BCUT2D eigenvalue weighted by molar-refractivity contribution is 5.76. The molecule has 33 heavy (non-hydrogen) atoms. The number of rotatable bonds is 10. The molecule has 1 atom stereocenters. The summed E-state index contributed by atoms with van der Waals surface area (Å²) in [5.74, 6) is 0.836. The van der Waals surface area contributed by atoms with Crippen molar-refractivity contribution in [3.63, 3.8) is 0 Å². The van der Waals surface area contributed by atoms with Crippen LogP contribution in [0.15, 0.2) is 34.9 Å². The van der Waals surface area contributed by atoms with Crippen LogP contribution in [0.25, 0.3) is 0 Å². The molecule has 8 nitrogen and oxygen atoms in total. The number of aryl methyl sites for hydroxylation is 1. The van der Waals surface area contributed by atoms with Crippen molar-refractivity contribution in [2.75, 3.05) is 20.6 Å². The van der Waals surface area contributed by atoms with Crippen molar-refractivity contribution in [1.82, 2.24) is 25.7 Å². The Labute approximate surface area is 196 Å². The molecule has 180 valence electrons. The Morgan fingerprint density at radius 2 is 1.82 bits per heavy atom. The molecular weight excluding hydrogens is 418 g/mol. The summed E-state index contributed by atoms with van der Waals surface area (Å²) in [6, 6.07) is 10.5. The number of nitrogens with one attached hydrogen (secondary N) is 2. The molecule has 1 heterocycles. The highest BCUT2D eigenvalue weighted by atomic mass is 16.5. The molecule has 2 aromatic rings. The van der Waals surface area contributed by atoms with Gasteiger partial charge in [-0.3, -0.25) is 9.59 Å². The summed E-state index contributed by atoms with van der Waals surface area (Å²) < 4.78 is 5.46. The molecule has 0 bridgehead atoms. The van der Waals surface area contributed by atoms with Gasteiger partial charge in [0.25, 0.3) is 0 Å². The maximum absolute atomic E-state index is 12.5. The molecule has 1 unspecified atom stereocenters. The predicted molar refractivity (Wildman–Crippen MR) is 126 cm³/mol. The fourth-order valence-electron chi connectivity index (χ4n) is 4.49. The number of hydrogen-bond donors (Lipinski definition) is 2. The Morgan fingerprint density at radius 1 is 1.12 bits per heavy atom. The fraction of sp³-hybridized carbons (Fsp3) is 0.600. The van der Waals surface area contributed by atoms with Crippen molar-refractivity contribution >= 4 is 11.8 Å². The molecule has 3 rings (SSSR count). The van der Waals surface area contributed by atoms with E-state index in [4.69, 9.17) is 4.52 Å². The van der Waals surface area contributed by atoms with Crippen LogP contribution in [-0.4, -0.2) is 53.5 Å². The maximum atomic E-state index is 12.5. The Morgan fingerprint density at radius 3 is 2.45 bits per heavy atom. The first-order valence-electron chi connectivity index (χ1n) is 12.0. The topological polar surface area (TPSA) is 100 Å². The van der Waals surface area contributed by atoms with Crippen LogP contribution in [-0.2, 0) is 28.0 Å². The quantitative estimate of drug-likeness (QED) is 0.534. The molecular formula is C25H37N5O3. The third-order valence-corrected chi connectivity index (χ3v) is 6.41. The minimum Gasteiger partial charge on any atom is -0.355 e. The first-order valence-corrected chi connectivity index (χ1v) is 12.0. The lowest BCUT2D eigenvalue weighted by Gasteiger charge is -2.30. The fourth-order valence-corrected chi connectivity index (χ4v) is 4.49. The predicted octanol–water partition coefficient (Wildman–Crippen LogP) is 2.98. The molecule has 0 aliphatic heterocycles. The molecule has 1 fully saturated rings. The zero-order valence-electron chi connectivity index (χ0n) is 20.1. The van der Waals surface area contributed by atoms with Crippen LogP contribution in [0.1, 0.15) is 69.1 Å². The molecule has 1 aliphatic carbocycles. The van der Waals surface area contributed by atoms with Gasteiger partial charge in [0.05, 0.1) is 0 Å². The van der Waals surface area contributed by atoms with E-state index in [-0.39, 0.29) is 24.3 Å². The zero-order valence-corrected chi connectivity index (χ0v) is 20.1. The Bertz CT molecular complexity index is 888. The van der Waals surface area contributed by atoms with E-state index >= 15 is 0 Å². The summed E-state index contributed by atoms with van der Waals surface area (Å²) in [4.78, 5) is 31.0. The Hall–Kier alpha value is -2.74. The Kier molecular flexibility index (Phi) is 9.00. The lowest BCUT2D eigenvalue weighted by molar-refractivity contribution is -0.122. The van der Waals surface area contributed by atoms with Gasteiger partial charge in [0.2, 0.25) is 17.7 Å². The monoisotopic (exact) mass is 455 g/mol. The van der Waals surface area contributed by atoms with E-state index < -0.39 is 5.54 Å². The highest BCUT2D eigenvalue weighted by Gasteiger charge is 2.38. The number of aromatic nitrogens is 2. The normalized spacial score (nSPS) is 16.7. The van der Waals surface area contributed by atoms with E-state index in [2.05, 4.69) is 37.8 Å². The average Bonchev–Trinajstić information content (AvgIpc) is 3.15. The number of amides is 2. The van der Waals surface area contributed by atoms with Gasteiger partial charge in [-0.15, -0.1) is 0 Å². The molecule has 1 aliphatic rings. The maximum Gasteiger partial charge on any atom is 0.227 e. The lowest BCUT2D eigenvalue weighted by Crippen LogP contribution is -2.45. The highest BCUT2D eigenvalue weighted by Crippen LogP contribution is 2.34. The third kappa shape index (κ3) is 7.39. The molecule has 2 N–H and O–H groups in total. The summed E-state index contributed by atoms with van der Waals surface area (Å²) >= 11 is 0. The molecule has 2 amide bonds. The number of carbonyl (C=O) groups is 2. The second-order valence-electron chi connectivity index (χ2n) is 9.30. The smallest absolute Gasteiger partial charge is 0.227 e. The van der Waals surface area contributed by atoms with Gasteiger partial charge in [0.1, 0.15) is 5.54 Å². The number of benzene rings is 1. The van der Waals surface area contributed by atoms with Crippen molar-refractivity contribution in [3.05, 3.63) is 47.6 Å². The molecule has 1 aromatic carbocycles. The third-order valence-electron chi connectivity index (χ3n) is 6.41. The van der Waals surface area contributed by atoms with E-state index in [1.807, 2.05) is 32.3 Å². The van der Waals surface area contributed by atoms with Crippen LogP contribution in [0.5, 0.6) is 0 Å². The average molecular weight is 456 g/mol. The van der Waals surface area contributed by atoms with Crippen molar-refractivity contribution in [1.29, 1.82) is 0 Å². The van der Waals surface area contributed by atoms with Crippen LogP contribution in [0.4, 0.5) is 0 Å². The van der Waals surface area contributed by atoms with Gasteiger partial charge < -0.3 is 20.1 Å². The largest absolute Gasteiger partial charge is 0.355 e. The number of likely N-dealkylation sites (N-methyl/N-ethyl adjacent to an activating group) is 1. The summed E-state index contributed by atoms with van der Waals surface area (Å²) in [6.45, 7) is 2.10. The van der Waals surface area contributed by atoms with Gasteiger partial charge >= 0.3 is 0 Å². The minimum absolute atomic E-state index is 0.0410. The lowest BCUT2D eigenvalue weighted by atomic mass is 9.89. The van der Waals surface area contributed by atoms with E-state index in [1.165, 1.54) is 12.5 Å². The van der Waals surface area contributed by atoms with Crippen molar-refractivity contribution in [3.8, 4) is 0 Å². The summed E-state index contributed by atoms with van der Waals surface area (Å²) in [5, 5.41) is 10.3. The minimum atomic E-state index is -0.567. The zero-order chi connectivity index (χ0) is 23.7. The van der Waals surface area contributed by atoms with Crippen molar-refractivity contribution in [2.24, 2.45) is 0 Å². The van der Waals surface area contributed by atoms with Gasteiger partial charge in [-0.25, -0.2) is 0 Å². The molecule has 0 saturated heterocycles. The van der Waals surface area contributed by atoms with E-state index in [1.54, 1.807) is 0 Å². The molecule has 1 aromatic heterocycles. The number of nitrogens with zero attached hydrogens (tertiary/aromatic N) is 3. The number of carbonyl (C=O) groups excluding carboxylic acids is 2. The number of hydrogen-bond acceptors (Lipinski definition) is 6. The summed E-state index contributed by atoms with van der Waals surface area (Å²) in [7, 11) is 4.05. The van der Waals surface area contributed by atoms with Crippen LogP contribution >= 0.6 is 0 Å². The van der Waals surface area contributed by atoms with E-state index in [0.717, 1.165) is 44.9 Å². The van der Waals surface area contributed by atoms with E-state index in [0.29, 0.717) is 24.7 Å². The van der Waals surface area contributed by atoms with E-state index in [9.17, 15) is 9.59 Å².